The summed E-state index contributed by atoms with van der Waals surface area (Å²) in [4.78, 5) is 29.4. The molecule has 0 spiro atoms. The van der Waals surface area contributed by atoms with Gasteiger partial charge in [0.25, 0.3) is 0 Å². The van der Waals surface area contributed by atoms with Crippen LogP contribution < -0.4 is 11.5 Å². The van der Waals surface area contributed by atoms with Crippen LogP contribution in [0.4, 0.5) is 0 Å². The molecule has 2 rings (SSSR count). The monoisotopic (exact) mass is 264 g/mol. The molecule has 0 aliphatic carbocycles. The van der Waals surface area contributed by atoms with Crippen molar-refractivity contribution in [3.05, 3.63) is 24.3 Å². The fourth-order valence-electron chi connectivity index (χ4n) is 1.50. The third-order valence-corrected chi connectivity index (χ3v) is 3.43. The standard InChI is InChI=1S/C11H12N4O2S/c12-9(16)5-8(10(13)17)18-11-14-6-3-1-2-4-7(6)15-11/h1-4,8H,5H2,(H2,12,16)(H2,13,17)(H,14,15). The number of primary amides is 2. The Labute approximate surface area is 107 Å². The van der Waals surface area contributed by atoms with Crippen molar-refractivity contribution in [3.63, 3.8) is 0 Å². The Bertz CT molecular complexity index is 562. The summed E-state index contributed by atoms with van der Waals surface area (Å²) >= 11 is 1.11. The first-order valence-corrected chi connectivity index (χ1v) is 6.13. The zero-order valence-corrected chi connectivity index (χ0v) is 10.2. The summed E-state index contributed by atoms with van der Waals surface area (Å²) < 4.78 is 0. The number of hydrogen-bond donors (Lipinski definition) is 3. The second kappa shape index (κ2) is 5.09. The van der Waals surface area contributed by atoms with Crippen LogP contribution >= 0.6 is 11.8 Å². The van der Waals surface area contributed by atoms with E-state index in [9.17, 15) is 9.59 Å². The Morgan fingerprint density at radius 1 is 1.33 bits per heavy atom. The lowest BCUT2D eigenvalue weighted by Gasteiger charge is -2.08. The predicted molar refractivity (Wildman–Crippen MR) is 68.7 cm³/mol. The summed E-state index contributed by atoms with van der Waals surface area (Å²) in [6.45, 7) is 0. The maximum atomic E-state index is 11.2. The van der Waals surface area contributed by atoms with Crippen LogP contribution in [0.15, 0.2) is 29.4 Å². The number of carbonyl (C=O) groups excluding carboxylic acids is 2. The smallest absolute Gasteiger partial charge is 0.231 e. The lowest BCUT2D eigenvalue weighted by molar-refractivity contribution is -0.122. The first-order valence-electron chi connectivity index (χ1n) is 5.25. The van der Waals surface area contributed by atoms with Crippen molar-refractivity contribution >= 4 is 34.6 Å². The lowest BCUT2D eigenvalue weighted by Crippen LogP contribution is -2.30. The van der Waals surface area contributed by atoms with Gasteiger partial charge in [0.15, 0.2) is 5.16 Å². The van der Waals surface area contributed by atoms with Crippen molar-refractivity contribution in [2.24, 2.45) is 11.5 Å². The molecule has 18 heavy (non-hydrogen) atoms. The Balaban J connectivity index is 2.20. The fourth-order valence-corrected chi connectivity index (χ4v) is 2.46. The summed E-state index contributed by atoms with van der Waals surface area (Å²) in [5.74, 6) is -1.15. The molecule has 0 aliphatic rings. The van der Waals surface area contributed by atoms with E-state index in [4.69, 9.17) is 11.5 Å². The van der Waals surface area contributed by atoms with Crippen molar-refractivity contribution in [1.82, 2.24) is 9.97 Å². The lowest BCUT2D eigenvalue weighted by atomic mass is 10.3. The van der Waals surface area contributed by atoms with E-state index in [1.807, 2.05) is 24.3 Å². The van der Waals surface area contributed by atoms with Gasteiger partial charge < -0.3 is 16.5 Å². The van der Waals surface area contributed by atoms with Gasteiger partial charge in [-0.15, -0.1) is 0 Å². The van der Waals surface area contributed by atoms with Gasteiger partial charge >= 0.3 is 0 Å². The highest BCUT2D eigenvalue weighted by molar-refractivity contribution is 8.00. The van der Waals surface area contributed by atoms with Crippen molar-refractivity contribution < 1.29 is 9.59 Å². The number of nitrogens with one attached hydrogen (secondary N) is 1. The molecule has 1 atom stereocenters. The molecule has 6 nitrogen and oxygen atoms in total. The number of aromatic nitrogens is 2. The minimum absolute atomic E-state index is 0.100. The van der Waals surface area contributed by atoms with Crippen LogP contribution in [0.25, 0.3) is 11.0 Å². The number of thioether (sulfide) groups is 1. The maximum absolute atomic E-state index is 11.2. The number of amides is 2. The highest BCUT2D eigenvalue weighted by Crippen LogP contribution is 2.24. The van der Waals surface area contributed by atoms with Gasteiger partial charge in [0, 0.05) is 6.42 Å². The molecule has 0 radical (unpaired) electrons. The average Bonchev–Trinajstić information content (AvgIpc) is 2.69. The van der Waals surface area contributed by atoms with Crippen LogP contribution in [0.1, 0.15) is 6.42 Å². The predicted octanol–water partition coefficient (Wildman–Crippen LogP) is 0.384. The second-order valence-electron chi connectivity index (χ2n) is 3.74. The summed E-state index contributed by atoms with van der Waals surface area (Å²) in [6.07, 6.45) is -0.100. The molecular weight excluding hydrogens is 252 g/mol. The molecule has 0 bridgehead atoms. The summed E-state index contributed by atoms with van der Waals surface area (Å²) in [7, 11) is 0. The number of nitrogens with zero attached hydrogens (tertiary/aromatic N) is 1. The number of hydrogen-bond acceptors (Lipinski definition) is 4. The number of H-pyrrole nitrogens is 1. The van der Waals surface area contributed by atoms with Crippen LogP contribution in [0.3, 0.4) is 0 Å². The Morgan fingerprint density at radius 2 is 2.06 bits per heavy atom. The number of aromatic amines is 1. The topological polar surface area (TPSA) is 115 Å². The quantitative estimate of drug-likeness (QED) is 0.677. The second-order valence-corrected chi connectivity index (χ2v) is 4.93. The molecular formula is C11H12N4O2S. The molecule has 0 fully saturated rings. The van der Waals surface area contributed by atoms with Gasteiger partial charge in [0.05, 0.1) is 16.3 Å². The van der Waals surface area contributed by atoms with Gasteiger partial charge in [-0.25, -0.2) is 4.98 Å². The number of imidazole rings is 1. The van der Waals surface area contributed by atoms with Gasteiger partial charge in [-0.1, -0.05) is 23.9 Å². The SMILES string of the molecule is NC(=O)CC(Sc1nc2ccccc2[nH]1)C(N)=O. The molecule has 5 N–H and O–H groups in total. The van der Waals surface area contributed by atoms with Crippen molar-refractivity contribution in [2.75, 3.05) is 0 Å². The number of benzene rings is 1. The molecule has 0 saturated carbocycles. The van der Waals surface area contributed by atoms with Crippen LogP contribution in [0, 0.1) is 0 Å². The molecule has 0 aliphatic heterocycles. The molecule has 2 aromatic rings. The van der Waals surface area contributed by atoms with E-state index in [2.05, 4.69) is 9.97 Å². The maximum Gasteiger partial charge on any atom is 0.231 e. The van der Waals surface area contributed by atoms with E-state index >= 15 is 0 Å². The number of rotatable bonds is 5. The molecule has 1 aromatic carbocycles. The molecule has 0 saturated heterocycles. The van der Waals surface area contributed by atoms with E-state index < -0.39 is 17.1 Å². The molecule has 94 valence electrons. The fraction of sp³-hybridized carbons (Fsp3) is 0.182. The van der Waals surface area contributed by atoms with Crippen molar-refractivity contribution in [1.29, 1.82) is 0 Å². The summed E-state index contributed by atoms with van der Waals surface area (Å²) in [5.41, 5.74) is 11.9. The van der Waals surface area contributed by atoms with E-state index in [1.54, 1.807) is 0 Å². The first kappa shape index (κ1) is 12.4. The van der Waals surface area contributed by atoms with Gasteiger partial charge in [-0.3, -0.25) is 9.59 Å². The molecule has 1 unspecified atom stereocenters. The van der Waals surface area contributed by atoms with Gasteiger partial charge in [0.1, 0.15) is 0 Å². The zero-order chi connectivity index (χ0) is 13.1. The normalized spacial score (nSPS) is 12.4. The van der Waals surface area contributed by atoms with Gasteiger partial charge in [0.2, 0.25) is 11.8 Å². The third kappa shape index (κ3) is 2.80. The van der Waals surface area contributed by atoms with E-state index in [0.717, 1.165) is 22.8 Å². The van der Waals surface area contributed by atoms with E-state index in [-0.39, 0.29) is 6.42 Å². The number of para-hydroxylation sites is 2. The van der Waals surface area contributed by atoms with Crippen LogP contribution in [0.5, 0.6) is 0 Å². The molecule has 1 aromatic heterocycles. The van der Waals surface area contributed by atoms with Crippen LogP contribution in [-0.4, -0.2) is 27.0 Å². The van der Waals surface area contributed by atoms with Gasteiger partial charge in [-0.05, 0) is 12.1 Å². The average molecular weight is 264 g/mol. The van der Waals surface area contributed by atoms with Crippen molar-refractivity contribution in [2.45, 2.75) is 16.8 Å². The first-order chi connectivity index (χ1) is 8.56. The Hall–Kier alpha value is -2.02. The minimum Gasteiger partial charge on any atom is -0.370 e. The third-order valence-electron chi connectivity index (χ3n) is 2.33. The minimum atomic E-state index is -0.705. The molecule has 1 heterocycles. The number of nitrogens with two attached hydrogens (primary N) is 2. The van der Waals surface area contributed by atoms with Gasteiger partial charge in [-0.2, -0.15) is 0 Å². The highest BCUT2D eigenvalue weighted by atomic mass is 32.2. The van der Waals surface area contributed by atoms with Crippen LogP contribution in [-0.2, 0) is 9.59 Å². The summed E-state index contributed by atoms with van der Waals surface area (Å²) in [6, 6.07) is 7.47. The largest absolute Gasteiger partial charge is 0.370 e. The molecule has 2 amide bonds. The van der Waals surface area contributed by atoms with Crippen LogP contribution in [0.2, 0.25) is 0 Å². The number of carbonyl (C=O) groups is 2. The zero-order valence-electron chi connectivity index (χ0n) is 9.42. The van der Waals surface area contributed by atoms with E-state index in [0.29, 0.717) is 5.16 Å². The Morgan fingerprint density at radius 3 is 2.67 bits per heavy atom. The van der Waals surface area contributed by atoms with Crippen molar-refractivity contribution in [3.8, 4) is 0 Å². The molecule has 7 heteroatoms. The number of fused-ring (bicyclic) bond motifs is 1. The Kier molecular flexibility index (Phi) is 3.52. The summed E-state index contributed by atoms with van der Waals surface area (Å²) in [5, 5.41) is -0.163. The van der Waals surface area contributed by atoms with E-state index in [1.165, 1.54) is 0 Å². The highest BCUT2D eigenvalue weighted by Gasteiger charge is 2.21.